The molecule has 0 aromatic carbocycles. The van der Waals surface area contributed by atoms with Crippen molar-refractivity contribution >= 4 is 17.6 Å². The van der Waals surface area contributed by atoms with E-state index in [9.17, 15) is 0 Å². The summed E-state index contributed by atoms with van der Waals surface area (Å²) in [5, 5.41) is 10.3. The number of anilines is 3. The van der Waals surface area contributed by atoms with Crippen molar-refractivity contribution in [2.75, 3.05) is 22.5 Å². The van der Waals surface area contributed by atoms with Gasteiger partial charge in [0.25, 0.3) is 0 Å². The third-order valence-corrected chi connectivity index (χ3v) is 4.93. The summed E-state index contributed by atoms with van der Waals surface area (Å²) in [5.41, 5.74) is 1.75. The second-order valence-electron chi connectivity index (χ2n) is 7.80. The fourth-order valence-corrected chi connectivity index (χ4v) is 3.46. The number of aromatic nitrogens is 4. The molecule has 0 unspecified atom stereocenters. The minimum absolute atomic E-state index is 0.309. The summed E-state index contributed by atoms with van der Waals surface area (Å²) < 4.78 is 0. The summed E-state index contributed by atoms with van der Waals surface area (Å²) >= 11 is 0. The zero-order chi connectivity index (χ0) is 19.8. The van der Waals surface area contributed by atoms with E-state index >= 15 is 0 Å². The van der Waals surface area contributed by atoms with Crippen LogP contribution >= 0.6 is 0 Å². The topological polar surface area (TPSA) is 87.7 Å². The summed E-state index contributed by atoms with van der Waals surface area (Å²) in [4.78, 5) is 18.1. The lowest BCUT2D eigenvalue weighted by atomic mass is 9.95. The maximum absolute atomic E-state index is 4.79. The van der Waals surface area contributed by atoms with Gasteiger partial charge in [0.05, 0.1) is 11.3 Å². The molecule has 0 amide bonds. The van der Waals surface area contributed by atoms with Crippen LogP contribution in [0.15, 0.2) is 18.6 Å². The molecule has 2 aromatic rings. The molecule has 152 valence electrons. The molecule has 28 heavy (non-hydrogen) atoms. The molecule has 1 aliphatic rings. The van der Waals surface area contributed by atoms with Crippen LogP contribution in [0.2, 0.25) is 0 Å². The highest BCUT2D eigenvalue weighted by Gasteiger charge is 2.18. The van der Waals surface area contributed by atoms with Crippen molar-refractivity contribution in [2.24, 2.45) is 0 Å². The van der Waals surface area contributed by atoms with Crippen LogP contribution < -0.4 is 16.0 Å². The number of nitrogens with one attached hydrogen (secondary N) is 3. The monoisotopic (exact) mass is 383 g/mol. The van der Waals surface area contributed by atoms with Gasteiger partial charge in [0.1, 0.15) is 18.0 Å². The number of nitrogens with zero attached hydrogens (tertiary/aromatic N) is 4. The fraction of sp³-hybridized carbons (Fsp3) is 0.619. The van der Waals surface area contributed by atoms with Gasteiger partial charge in [-0.1, -0.05) is 32.6 Å². The Morgan fingerprint density at radius 1 is 1.11 bits per heavy atom. The number of hydrogen-bond acceptors (Lipinski definition) is 7. The quantitative estimate of drug-likeness (QED) is 0.540. The first kappa shape index (κ1) is 20.3. The van der Waals surface area contributed by atoms with Crippen molar-refractivity contribution in [1.29, 1.82) is 0 Å². The van der Waals surface area contributed by atoms with E-state index in [2.05, 4.69) is 51.7 Å². The highest BCUT2D eigenvalue weighted by molar-refractivity contribution is 5.74. The van der Waals surface area contributed by atoms with E-state index in [-0.39, 0.29) is 0 Å². The summed E-state index contributed by atoms with van der Waals surface area (Å²) in [6.45, 7) is 7.25. The predicted octanol–water partition coefficient (Wildman–Crippen LogP) is 4.71. The van der Waals surface area contributed by atoms with Crippen molar-refractivity contribution in [2.45, 2.75) is 77.8 Å². The molecule has 0 radical (unpaired) electrons. The Kier molecular flexibility index (Phi) is 7.39. The molecule has 3 rings (SSSR count). The molecular weight excluding hydrogens is 350 g/mol. The lowest BCUT2D eigenvalue weighted by molar-refractivity contribution is 0.462. The first-order valence-electron chi connectivity index (χ1n) is 10.6. The van der Waals surface area contributed by atoms with Crippen molar-refractivity contribution < 1.29 is 0 Å². The normalized spacial score (nSPS) is 14.9. The lowest BCUT2D eigenvalue weighted by Gasteiger charge is -2.24. The van der Waals surface area contributed by atoms with Gasteiger partial charge in [-0.15, -0.1) is 0 Å². The molecule has 0 spiro atoms. The summed E-state index contributed by atoms with van der Waals surface area (Å²) in [5.74, 6) is 2.34. The van der Waals surface area contributed by atoms with E-state index in [1.54, 1.807) is 6.33 Å². The van der Waals surface area contributed by atoms with Gasteiger partial charge in [0, 0.05) is 30.9 Å². The Labute approximate surface area is 168 Å². The van der Waals surface area contributed by atoms with E-state index in [1.807, 2.05) is 12.3 Å². The molecular formula is C21H33N7. The Morgan fingerprint density at radius 2 is 1.93 bits per heavy atom. The largest absolute Gasteiger partial charge is 0.368 e. The standard InChI is InChI=1S/C21H33N7/c1-4-5-11-22-21-23-13-17(18-12-19(25-14-24-18)26-15(2)3)20(28-21)27-16-9-7-6-8-10-16/h12-16H,4-11H2,1-3H3,(H,24,25,26)(H2,22,23,27,28). The van der Waals surface area contributed by atoms with Crippen LogP contribution in [0.25, 0.3) is 11.3 Å². The third kappa shape index (κ3) is 5.78. The van der Waals surface area contributed by atoms with Gasteiger partial charge in [-0.3, -0.25) is 0 Å². The number of hydrogen-bond donors (Lipinski definition) is 3. The first-order chi connectivity index (χ1) is 13.7. The van der Waals surface area contributed by atoms with Crippen LogP contribution in [0.1, 0.15) is 65.7 Å². The zero-order valence-corrected chi connectivity index (χ0v) is 17.3. The minimum atomic E-state index is 0.309. The second kappa shape index (κ2) is 10.2. The molecule has 2 heterocycles. The Hall–Kier alpha value is -2.44. The highest BCUT2D eigenvalue weighted by Crippen LogP contribution is 2.29. The average Bonchev–Trinajstić information content (AvgIpc) is 2.69. The van der Waals surface area contributed by atoms with E-state index in [4.69, 9.17) is 4.98 Å². The van der Waals surface area contributed by atoms with Gasteiger partial charge in [-0.25, -0.2) is 15.0 Å². The van der Waals surface area contributed by atoms with Gasteiger partial charge < -0.3 is 16.0 Å². The Bertz CT molecular complexity index is 741. The van der Waals surface area contributed by atoms with Gasteiger partial charge >= 0.3 is 0 Å². The summed E-state index contributed by atoms with van der Waals surface area (Å²) in [7, 11) is 0. The van der Waals surface area contributed by atoms with Gasteiger partial charge in [-0.2, -0.15) is 4.98 Å². The summed E-state index contributed by atoms with van der Waals surface area (Å²) in [6.07, 6.45) is 12.0. The fourth-order valence-electron chi connectivity index (χ4n) is 3.46. The van der Waals surface area contributed by atoms with Crippen molar-refractivity contribution in [3.05, 3.63) is 18.6 Å². The predicted molar refractivity (Wildman–Crippen MR) is 116 cm³/mol. The molecule has 0 saturated heterocycles. The van der Waals surface area contributed by atoms with Crippen LogP contribution in [-0.4, -0.2) is 38.6 Å². The number of rotatable bonds is 9. The second-order valence-corrected chi connectivity index (χ2v) is 7.80. The van der Waals surface area contributed by atoms with Crippen LogP contribution in [0, 0.1) is 0 Å². The van der Waals surface area contributed by atoms with Gasteiger partial charge in [0.15, 0.2) is 0 Å². The van der Waals surface area contributed by atoms with Gasteiger partial charge in [0.2, 0.25) is 5.95 Å². The molecule has 3 N–H and O–H groups in total. The Morgan fingerprint density at radius 3 is 2.68 bits per heavy atom. The van der Waals surface area contributed by atoms with Crippen molar-refractivity contribution in [1.82, 2.24) is 19.9 Å². The molecule has 7 nitrogen and oxygen atoms in total. The smallest absolute Gasteiger partial charge is 0.224 e. The maximum atomic E-state index is 4.79. The molecule has 1 fully saturated rings. The first-order valence-corrected chi connectivity index (χ1v) is 10.6. The van der Waals surface area contributed by atoms with Crippen molar-refractivity contribution in [3.8, 4) is 11.3 Å². The van der Waals surface area contributed by atoms with E-state index in [0.717, 1.165) is 42.3 Å². The molecule has 0 atom stereocenters. The lowest BCUT2D eigenvalue weighted by Crippen LogP contribution is -2.23. The maximum Gasteiger partial charge on any atom is 0.224 e. The van der Waals surface area contributed by atoms with Crippen LogP contribution in [-0.2, 0) is 0 Å². The minimum Gasteiger partial charge on any atom is -0.368 e. The van der Waals surface area contributed by atoms with E-state index in [0.29, 0.717) is 18.0 Å². The van der Waals surface area contributed by atoms with E-state index in [1.165, 1.54) is 32.1 Å². The molecule has 0 bridgehead atoms. The molecule has 7 heteroatoms. The van der Waals surface area contributed by atoms with Crippen LogP contribution in [0.3, 0.4) is 0 Å². The SMILES string of the molecule is CCCCNc1ncc(-c2cc(NC(C)C)ncn2)c(NC2CCCCC2)n1. The van der Waals surface area contributed by atoms with Gasteiger partial charge in [-0.05, 0) is 33.1 Å². The average molecular weight is 384 g/mol. The molecule has 0 aliphatic heterocycles. The molecule has 1 saturated carbocycles. The van der Waals surface area contributed by atoms with E-state index < -0.39 is 0 Å². The molecule has 1 aliphatic carbocycles. The van der Waals surface area contributed by atoms with Crippen molar-refractivity contribution in [3.63, 3.8) is 0 Å². The van der Waals surface area contributed by atoms with Crippen LogP contribution in [0.5, 0.6) is 0 Å². The number of unbranched alkanes of at least 4 members (excludes halogenated alkanes) is 1. The summed E-state index contributed by atoms with van der Waals surface area (Å²) in [6, 6.07) is 2.74. The Balaban J connectivity index is 1.87. The zero-order valence-electron chi connectivity index (χ0n) is 17.3. The third-order valence-electron chi connectivity index (χ3n) is 4.93. The molecule has 2 aromatic heterocycles. The van der Waals surface area contributed by atoms with Crippen LogP contribution in [0.4, 0.5) is 17.6 Å². The highest BCUT2D eigenvalue weighted by atomic mass is 15.1.